The summed E-state index contributed by atoms with van der Waals surface area (Å²) in [6.45, 7) is 0. The van der Waals surface area contributed by atoms with Gasteiger partial charge in [0.05, 0.1) is 12.8 Å². The van der Waals surface area contributed by atoms with Crippen molar-refractivity contribution in [3.63, 3.8) is 0 Å². The lowest BCUT2D eigenvalue weighted by molar-refractivity contribution is -0.136. The molecule has 1 N–H and O–H groups in total. The van der Waals surface area contributed by atoms with Crippen LogP contribution in [0.4, 0.5) is 5.69 Å². The molecule has 2 aliphatic carbocycles. The van der Waals surface area contributed by atoms with Gasteiger partial charge in [0.15, 0.2) is 0 Å². The first kappa shape index (κ1) is 17.3. The third-order valence-corrected chi connectivity index (χ3v) is 6.38. The SMILES string of the molecule is COc1cc2c(cc1NC(=O)C1C[C@H]3CCC[C@@H](C1)C3=O)oc1ccccc12. The number of carbonyl (C=O) groups is 2. The maximum absolute atomic E-state index is 13.0. The van der Waals surface area contributed by atoms with Gasteiger partial charge in [-0.15, -0.1) is 0 Å². The smallest absolute Gasteiger partial charge is 0.227 e. The van der Waals surface area contributed by atoms with E-state index in [-0.39, 0.29) is 23.7 Å². The van der Waals surface area contributed by atoms with Crippen molar-refractivity contribution in [1.29, 1.82) is 0 Å². The summed E-state index contributed by atoms with van der Waals surface area (Å²) in [6.07, 6.45) is 4.28. The van der Waals surface area contributed by atoms with Gasteiger partial charge < -0.3 is 14.5 Å². The largest absolute Gasteiger partial charge is 0.495 e. The lowest BCUT2D eigenvalue weighted by Gasteiger charge is -2.37. The Labute approximate surface area is 163 Å². The number of Topliss-reactive ketones (excluding diaryl/α,β-unsaturated/α-hetero) is 1. The van der Waals surface area contributed by atoms with Crippen molar-refractivity contribution in [3.05, 3.63) is 36.4 Å². The third kappa shape index (κ3) is 2.77. The number of benzene rings is 2. The van der Waals surface area contributed by atoms with Gasteiger partial charge in [-0.2, -0.15) is 0 Å². The molecule has 0 saturated heterocycles. The topological polar surface area (TPSA) is 68.5 Å². The molecule has 1 unspecified atom stereocenters. The summed E-state index contributed by atoms with van der Waals surface area (Å²) in [5.41, 5.74) is 2.13. The quantitative estimate of drug-likeness (QED) is 0.703. The monoisotopic (exact) mass is 377 g/mol. The molecule has 3 aromatic rings. The van der Waals surface area contributed by atoms with Gasteiger partial charge in [-0.3, -0.25) is 9.59 Å². The maximum Gasteiger partial charge on any atom is 0.227 e. The van der Waals surface area contributed by atoms with E-state index >= 15 is 0 Å². The number of para-hydroxylation sites is 1. The zero-order chi connectivity index (χ0) is 19.3. The van der Waals surface area contributed by atoms with Crippen LogP contribution in [0.25, 0.3) is 21.9 Å². The van der Waals surface area contributed by atoms with Crippen LogP contribution in [-0.4, -0.2) is 18.8 Å². The molecule has 2 fully saturated rings. The van der Waals surface area contributed by atoms with E-state index in [0.29, 0.717) is 35.6 Å². The standard InChI is InChI=1S/C23H23NO4/c1-27-21-11-17-16-7-2-3-8-19(16)28-20(17)12-18(21)24-23(26)15-9-13-5-4-6-14(10-15)22(13)25/h2-3,7-8,11-15H,4-6,9-10H2,1H3,(H,24,26)/t13-,14+,15?. The molecule has 28 heavy (non-hydrogen) atoms. The van der Waals surface area contributed by atoms with Crippen molar-refractivity contribution in [2.45, 2.75) is 32.1 Å². The van der Waals surface area contributed by atoms with E-state index < -0.39 is 0 Å². The van der Waals surface area contributed by atoms with E-state index in [1.807, 2.05) is 36.4 Å². The molecule has 5 nitrogen and oxygen atoms in total. The molecule has 2 bridgehead atoms. The van der Waals surface area contributed by atoms with Crippen LogP contribution in [0.15, 0.2) is 40.8 Å². The predicted molar refractivity (Wildman–Crippen MR) is 107 cm³/mol. The summed E-state index contributed by atoms with van der Waals surface area (Å²) >= 11 is 0. The van der Waals surface area contributed by atoms with Crippen LogP contribution in [0.3, 0.4) is 0 Å². The molecule has 2 aliphatic rings. The molecular formula is C23H23NO4. The van der Waals surface area contributed by atoms with E-state index in [1.54, 1.807) is 7.11 Å². The van der Waals surface area contributed by atoms with Gasteiger partial charge in [-0.25, -0.2) is 0 Å². The first-order chi connectivity index (χ1) is 13.6. The van der Waals surface area contributed by atoms with E-state index in [1.165, 1.54) is 0 Å². The Morgan fingerprint density at radius 3 is 2.57 bits per heavy atom. The molecule has 2 saturated carbocycles. The minimum Gasteiger partial charge on any atom is -0.495 e. The lowest BCUT2D eigenvalue weighted by Crippen LogP contribution is -2.40. The number of hydrogen-bond acceptors (Lipinski definition) is 4. The lowest BCUT2D eigenvalue weighted by atomic mass is 9.67. The van der Waals surface area contributed by atoms with E-state index in [0.717, 1.165) is 35.6 Å². The first-order valence-corrected chi connectivity index (χ1v) is 9.98. The van der Waals surface area contributed by atoms with Crippen LogP contribution in [0, 0.1) is 17.8 Å². The van der Waals surface area contributed by atoms with Gasteiger partial charge in [-0.1, -0.05) is 24.6 Å². The summed E-state index contributed by atoms with van der Waals surface area (Å²) in [5.74, 6) is 0.948. The Morgan fingerprint density at radius 1 is 1.07 bits per heavy atom. The van der Waals surface area contributed by atoms with Crippen molar-refractivity contribution < 1.29 is 18.7 Å². The molecular weight excluding hydrogens is 354 g/mol. The number of anilines is 1. The number of nitrogens with one attached hydrogen (secondary N) is 1. The second kappa shape index (κ2) is 6.66. The van der Waals surface area contributed by atoms with Gasteiger partial charge in [0.1, 0.15) is 22.7 Å². The number of ether oxygens (including phenoxy) is 1. The number of ketones is 1. The molecule has 1 amide bonds. The molecule has 2 aromatic carbocycles. The fourth-order valence-corrected chi connectivity index (χ4v) is 4.95. The molecule has 3 atom stereocenters. The Hall–Kier alpha value is -2.82. The van der Waals surface area contributed by atoms with Crippen LogP contribution in [0.2, 0.25) is 0 Å². The average molecular weight is 377 g/mol. The number of carbonyl (C=O) groups excluding carboxylic acids is 2. The predicted octanol–water partition coefficient (Wildman–Crippen LogP) is 4.93. The fraction of sp³-hybridized carbons (Fsp3) is 0.391. The number of amides is 1. The summed E-state index contributed by atoms with van der Waals surface area (Å²) in [4.78, 5) is 25.3. The number of methoxy groups -OCH3 is 1. The highest BCUT2D eigenvalue weighted by Gasteiger charge is 2.41. The summed E-state index contributed by atoms with van der Waals surface area (Å²) in [7, 11) is 1.60. The minimum atomic E-state index is -0.121. The van der Waals surface area contributed by atoms with Gasteiger partial charge in [0.25, 0.3) is 0 Å². The molecule has 0 spiro atoms. The molecule has 0 radical (unpaired) electrons. The molecule has 1 aromatic heterocycles. The third-order valence-electron chi connectivity index (χ3n) is 6.38. The maximum atomic E-state index is 13.0. The van der Waals surface area contributed by atoms with Crippen molar-refractivity contribution in [3.8, 4) is 5.75 Å². The van der Waals surface area contributed by atoms with E-state index in [2.05, 4.69) is 5.32 Å². The molecule has 1 heterocycles. The van der Waals surface area contributed by atoms with Crippen LogP contribution < -0.4 is 10.1 Å². The second-order valence-electron chi connectivity index (χ2n) is 8.03. The Kier molecular flexibility index (Phi) is 4.11. The summed E-state index contributed by atoms with van der Waals surface area (Å²) in [5, 5.41) is 5.02. The number of hydrogen-bond donors (Lipinski definition) is 1. The van der Waals surface area contributed by atoms with Crippen molar-refractivity contribution in [2.75, 3.05) is 12.4 Å². The van der Waals surface area contributed by atoms with Gasteiger partial charge in [0.2, 0.25) is 5.91 Å². The van der Waals surface area contributed by atoms with Crippen LogP contribution in [0.5, 0.6) is 5.75 Å². The van der Waals surface area contributed by atoms with Crippen molar-refractivity contribution >= 4 is 39.3 Å². The Morgan fingerprint density at radius 2 is 1.82 bits per heavy atom. The number of fused-ring (bicyclic) bond motifs is 5. The molecule has 0 aliphatic heterocycles. The molecule has 5 rings (SSSR count). The highest BCUT2D eigenvalue weighted by atomic mass is 16.5. The Bertz CT molecular complexity index is 1070. The van der Waals surface area contributed by atoms with Crippen LogP contribution >= 0.6 is 0 Å². The normalized spacial score (nSPS) is 24.5. The zero-order valence-electron chi connectivity index (χ0n) is 15.9. The van der Waals surface area contributed by atoms with Crippen molar-refractivity contribution in [1.82, 2.24) is 0 Å². The van der Waals surface area contributed by atoms with Gasteiger partial charge >= 0.3 is 0 Å². The summed E-state index contributed by atoms with van der Waals surface area (Å²) < 4.78 is 11.5. The highest BCUT2D eigenvalue weighted by Crippen LogP contribution is 2.41. The Balaban J connectivity index is 1.45. The van der Waals surface area contributed by atoms with E-state index in [9.17, 15) is 9.59 Å². The second-order valence-corrected chi connectivity index (χ2v) is 8.03. The fourth-order valence-electron chi connectivity index (χ4n) is 4.95. The number of rotatable bonds is 3. The van der Waals surface area contributed by atoms with E-state index in [4.69, 9.17) is 9.15 Å². The van der Waals surface area contributed by atoms with Gasteiger partial charge in [-0.05, 0) is 37.8 Å². The molecule has 5 heteroatoms. The molecule has 144 valence electrons. The number of furan rings is 1. The van der Waals surface area contributed by atoms with Crippen LogP contribution in [0.1, 0.15) is 32.1 Å². The van der Waals surface area contributed by atoms with Gasteiger partial charge in [0, 0.05) is 34.6 Å². The summed E-state index contributed by atoms with van der Waals surface area (Å²) in [6, 6.07) is 11.6. The highest BCUT2D eigenvalue weighted by molar-refractivity contribution is 6.08. The van der Waals surface area contributed by atoms with Crippen molar-refractivity contribution in [2.24, 2.45) is 17.8 Å². The minimum absolute atomic E-state index is 0.0295. The van der Waals surface area contributed by atoms with Crippen LogP contribution in [-0.2, 0) is 9.59 Å². The first-order valence-electron chi connectivity index (χ1n) is 9.98. The zero-order valence-corrected chi connectivity index (χ0v) is 15.9. The average Bonchev–Trinajstić information content (AvgIpc) is 3.04.